The van der Waals surface area contributed by atoms with Crippen LogP contribution < -0.4 is 16.2 Å². The molecule has 1 aliphatic heterocycles. The molecule has 22 heavy (non-hydrogen) atoms. The van der Waals surface area contributed by atoms with Gasteiger partial charge >= 0.3 is 0 Å². The van der Waals surface area contributed by atoms with Gasteiger partial charge in [0.1, 0.15) is 4.75 Å². The summed E-state index contributed by atoms with van der Waals surface area (Å²) in [6.45, 7) is 2.02. The molecule has 7 nitrogen and oxygen atoms in total. The summed E-state index contributed by atoms with van der Waals surface area (Å²) in [5.41, 5.74) is 12.4. The third kappa shape index (κ3) is 2.17. The standard InChI is InChI=1S/C14H17N5O2S/c1-13(10-4-14(10,6-15)22-12(17)19-13)9-3-8(16)5-18-11(9)21-7-20-2/h3,5,10H,4,7,16H2,1-2H3,(H2,17,19)/t10-,13+,14+/m0/s1. The van der Waals surface area contributed by atoms with Crippen molar-refractivity contribution in [2.45, 2.75) is 23.6 Å². The van der Waals surface area contributed by atoms with E-state index >= 15 is 0 Å². The second kappa shape index (κ2) is 5.04. The van der Waals surface area contributed by atoms with Gasteiger partial charge in [0.2, 0.25) is 5.88 Å². The summed E-state index contributed by atoms with van der Waals surface area (Å²) < 4.78 is 9.97. The Hall–Kier alpha value is -1.98. The zero-order valence-electron chi connectivity index (χ0n) is 12.4. The van der Waals surface area contributed by atoms with Gasteiger partial charge in [-0.25, -0.2) is 4.98 Å². The number of anilines is 1. The molecule has 4 N–H and O–H groups in total. The molecule has 0 amide bonds. The molecule has 3 atom stereocenters. The summed E-state index contributed by atoms with van der Waals surface area (Å²) in [4.78, 5) is 8.84. The Morgan fingerprint density at radius 3 is 3.00 bits per heavy atom. The SMILES string of the molecule is COCOc1ncc(N)cc1[C@@]1(C)N=C(N)S[C@@]2(C#N)C[C@H]21. The third-order valence-electron chi connectivity index (χ3n) is 4.14. The number of nitrogen functional groups attached to an aromatic ring is 1. The van der Waals surface area contributed by atoms with E-state index in [1.54, 1.807) is 6.07 Å². The van der Waals surface area contributed by atoms with Gasteiger partial charge in [-0.05, 0) is 19.4 Å². The monoisotopic (exact) mass is 319 g/mol. The highest BCUT2D eigenvalue weighted by Crippen LogP contribution is 2.66. The molecule has 1 aliphatic carbocycles. The zero-order chi connectivity index (χ0) is 16.0. The van der Waals surface area contributed by atoms with E-state index in [-0.39, 0.29) is 12.7 Å². The quantitative estimate of drug-likeness (QED) is 0.800. The Morgan fingerprint density at radius 1 is 1.55 bits per heavy atom. The molecule has 3 rings (SSSR count). The fraction of sp³-hybridized carbons (Fsp3) is 0.500. The number of amidine groups is 1. The number of rotatable bonds is 4. The number of ether oxygens (including phenoxy) is 2. The first-order chi connectivity index (χ1) is 10.4. The van der Waals surface area contributed by atoms with Gasteiger partial charge in [-0.2, -0.15) is 5.26 Å². The summed E-state index contributed by atoms with van der Waals surface area (Å²) in [5, 5.41) is 9.88. The lowest BCUT2D eigenvalue weighted by Crippen LogP contribution is -2.35. The number of nitrogens with zero attached hydrogens (tertiary/aromatic N) is 3. The summed E-state index contributed by atoms with van der Waals surface area (Å²) >= 11 is 1.34. The van der Waals surface area contributed by atoms with Gasteiger partial charge in [-0.15, -0.1) is 0 Å². The lowest BCUT2D eigenvalue weighted by Gasteiger charge is -2.32. The van der Waals surface area contributed by atoms with E-state index in [1.807, 2.05) is 6.92 Å². The Labute approximate surface area is 132 Å². The topological polar surface area (TPSA) is 120 Å². The first-order valence-electron chi connectivity index (χ1n) is 6.78. The Morgan fingerprint density at radius 2 is 2.32 bits per heavy atom. The molecule has 0 radical (unpaired) electrons. The normalized spacial score (nSPS) is 32.6. The minimum Gasteiger partial charge on any atom is -0.450 e. The molecule has 1 aromatic heterocycles. The molecule has 0 saturated heterocycles. The van der Waals surface area contributed by atoms with Crippen LogP contribution in [0.3, 0.4) is 0 Å². The van der Waals surface area contributed by atoms with Crippen molar-refractivity contribution in [3.8, 4) is 11.9 Å². The lowest BCUT2D eigenvalue weighted by molar-refractivity contribution is 0.0460. The van der Waals surface area contributed by atoms with Gasteiger partial charge in [0.15, 0.2) is 12.0 Å². The van der Waals surface area contributed by atoms with Crippen LogP contribution in [0.25, 0.3) is 0 Å². The molecule has 1 aromatic rings. The predicted octanol–water partition coefficient (Wildman–Crippen LogP) is 1.21. The largest absolute Gasteiger partial charge is 0.450 e. The maximum absolute atomic E-state index is 9.48. The van der Waals surface area contributed by atoms with Crippen LogP contribution in [0.5, 0.6) is 5.88 Å². The van der Waals surface area contributed by atoms with Crippen molar-refractivity contribution in [1.29, 1.82) is 5.26 Å². The van der Waals surface area contributed by atoms with Crippen LogP contribution in [0, 0.1) is 17.2 Å². The summed E-state index contributed by atoms with van der Waals surface area (Å²) in [6, 6.07) is 4.15. The van der Waals surface area contributed by atoms with Gasteiger partial charge in [0.05, 0.1) is 23.5 Å². The van der Waals surface area contributed by atoms with E-state index in [0.717, 1.165) is 12.0 Å². The molecule has 0 bridgehead atoms. The number of aliphatic imine (C=N–C) groups is 1. The van der Waals surface area contributed by atoms with E-state index in [0.29, 0.717) is 16.7 Å². The molecule has 2 heterocycles. The molecule has 2 aliphatic rings. The number of aromatic nitrogens is 1. The Bertz CT molecular complexity index is 688. The molecule has 0 unspecified atom stereocenters. The number of thioether (sulfide) groups is 1. The van der Waals surface area contributed by atoms with Crippen LogP contribution in [0.4, 0.5) is 5.69 Å². The number of methoxy groups -OCH3 is 1. The van der Waals surface area contributed by atoms with Crippen molar-refractivity contribution >= 4 is 22.6 Å². The fourth-order valence-electron chi connectivity index (χ4n) is 2.98. The molecular formula is C14H17N5O2S. The van der Waals surface area contributed by atoms with Gasteiger partial charge in [-0.1, -0.05) is 11.8 Å². The molecule has 116 valence electrons. The lowest BCUT2D eigenvalue weighted by atomic mass is 9.86. The fourth-order valence-corrected chi connectivity index (χ4v) is 4.26. The minimum atomic E-state index is -0.684. The van der Waals surface area contributed by atoms with E-state index in [4.69, 9.17) is 20.9 Å². The number of nitriles is 1. The maximum atomic E-state index is 9.48. The smallest absolute Gasteiger partial charge is 0.221 e. The van der Waals surface area contributed by atoms with Crippen LogP contribution >= 0.6 is 11.8 Å². The highest BCUT2D eigenvalue weighted by molar-refractivity contribution is 8.15. The van der Waals surface area contributed by atoms with Gasteiger partial charge in [-0.3, -0.25) is 4.99 Å². The van der Waals surface area contributed by atoms with Crippen molar-refractivity contribution in [3.05, 3.63) is 17.8 Å². The van der Waals surface area contributed by atoms with E-state index in [1.165, 1.54) is 25.1 Å². The van der Waals surface area contributed by atoms with E-state index in [9.17, 15) is 5.26 Å². The predicted molar refractivity (Wildman–Crippen MR) is 84.2 cm³/mol. The zero-order valence-corrected chi connectivity index (χ0v) is 13.2. The van der Waals surface area contributed by atoms with Crippen molar-refractivity contribution in [1.82, 2.24) is 4.98 Å². The first kappa shape index (κ1) is 14.9. The first-order valence-corrected chi connectivity index (χ1v) is 7.60. The number of hydrogen-bond donors (Lipinski definition) is 2. The van der Waals surface area contributed by atoms with Crippen LogP contribution in [0.2, 0.25) is 0 Å². The van der Waals surface area contributed by atoms with Crippen LogP contribution in [-0.4, -0.2) is 28.8 Å². The highest BCUT2D eigenvalue weighted by Gasteiger charge is 2.67. The second-order valence-corrected chi connectivity index (χ2v) is 6.98. The molecule has 8 heteroatoms. The molecule has 1 saturated carbocycles. The molecular weight excluding hydrogens is 302 g/mol. The summed E-state index contributed by atoms with van der Waals surface area (Å²) in [6.07, 6.45) is 2.25. The second-order valence-electron chi connectivity index (χ2n) is 5.63. The highest BCUT2D eigenvalue weighted by atomic mass is 32.2. The van der Waals surface area contributed by atoms with Crippen molar-refractivity contribution in [2.24, 2.45) is 16.6 Å². The Kier molecular flexibility index (Phi) is 3.42. The number of nitrogens with two attached hydrogens (primary N) is 2. The average Bonchev–Trinajstić information content (AvgIpc) is 3.22. The van der Waals surface area contributed by atoms with Crippen LogP contribution in [-0.2, 0) is 10.3 Å². The van der Waals surface area contributed by atoms with Crippen molar-refractivity contribution in [3.63, 3.8) is 0 Å². The van der Waals surface area contributed by atoms with Crippen LogP contribution in [0.15, 0.2) is 17.3 Å². The maximum Gasteiger partial charge on any atom is 0.221 e. The number of fused-ring (bicyclic) bond motifs is 1. The van der Waals surface area contributed by atoms with E-state index in [2.05, 4.69) is 16.0 Å². The number of hydrogen-bond acceptors (Lipinski definition) is 8. The molecule has 0 spiro atoms. The van der Waals surface area contributed by atoms with Crippen molar-refractivity contribution in [2.75, 3.05) is 19.6 Å². The molecule has 0 aromatic carbocycles. The number of pyridine rings is 1. The minimum absolute atomic E-state index is 0.0517. The Balaban J connectivity index is 2.08. The van der Waals surface area contributed by atoms with E-state index < -0.39 is 10.3 Å². The third-order valence-corrected chi connectivity index (χ3v) is 5.35. The van der Waals surface area contributed by atoms with Gasteiger partial charge in [0, 0.05) is 18.6 Å². The van der Waals surface area contributed by atoms with Crippen molar-refractivity contribution < 1.29 is 9.47 Å². The van der Waals surface area contributed by atoms with Gasteiger partial charge in [0.25, 0.3) is 0 Å². The van der Waals surface area contributed by atoms with Crippen LogP contribution in [0.1, 0.15) is 18.9 Å². The van der Waals surface area contributed by atoms with Gasteiger partial charge < -0.3 is 20.9 Å². The summed E-state index contributed by atoms with van der Waals surface area (Å²) in [7, 11) is 1.54. The average molecular weight is 319 g/mol. The molecule has 1 fully saturated rings. The summed E-state index contributed by atoms with van der Waals surface area (Å²) in [5.74, 6) is 0.455.